The maximum absolute atomic E-state index is 14.1. The third kappa shape index (κ3) is 7.47. The van der Waals surface area contributed by atoms with Gasteiger partial charge in [-0.3, -0.25) is 13.9 Å². The van der Waals surface area contributed by atoms with Gasteiger partial charge in [0.2, 0.25) is 11.8 Å². The second kappa shape index (κ2) is 12.9. The van der Waals surface area contributed by atoms with Crippen LogP contribution >= 0.6 is 0 Å². The van der Waals surface area contributed by atoms with Crippen LogP contribution in [0.2, 0.25) is 0 Å². The molecule has 8 heteroatoms. The van der Waals surface area contributed by atoms with Gasteiger partial charge in [-0.2, -0.15) is 0 Å². The molecule has 1 N–H and O–H groups in total. The molecule has 3 aromatic rings. The molecule has 0 bridgehead atoms. The van der Waals surface area contributed by atoms with E-state index in [-0.39, 0.29) is 17.3 Å². The van der Waals surface area contributed by atoms with Crippen LogP contribution < -0.4 is 9.62 Å². The topological polar surface area (TPSA) is 86.8 Å². The van der Waals surface area contributed by atoms with E-state index in [2.05, 4.69) is 5.32 Å². The number of carbonyl (C=O) groups is 2. The van der Waals surface area contributed by atoms with E-state index in [1.807, 2.05) is 71.9 Å². The number of nitrogens with zero attached hydrogens (tertiary/aromatic N) is 2. The van der Waals surface area contributed by atoms with Crippen molar-refractivity contribution in [3.8, 4) is 0 Å². The lowest BCUT2D eigenvalue weighted by Gasteiger charge is -2.33. The van der Waals surface area contributed by atoms with Crippen LogP contribution in [0, 0.1) is 27.7 Å². The van der Waals surface area contributed by atoms with E-state index in [0.29, 0.717) is 18.7 Å². The fourth-order valence-electron chi connectivity index (χ4n) is 4.68. The summed E-state index contributed by atoms with van der Waals surface area (Å²) in [7, 11) is -4.09. The molecule has 2 amide bonds. The Kier molecular flexibility index (Phi) is 9.92. The summed E-state index contributed by atoms with van der Waals surface area (Å²) in [4.78, 5) is 28.7. The predicted molar refractivity (Wildman–Crippen MR) is 156 cm³/mol. The second-order valence-electron chi connectivity index (χ2n) is 10.00. The van der Waals surface area contributed by atoms with E-state index in [4.69, 9.17) is 0 Å². The van der Waals surface area contributed by atoms with Crippen molar-refractivity contribution in [3.63, 3.8) is 0 Å². The minimum atomic E-state index is -4.09. The van der Waals surface area contributed by atoms with Gasteiger partial charge in [0.15, 0.2) is 0 Å². The summed E-state index contributed by atoms with van der Waals surface area (Å²) in [6.45, 7) is 11.5. The zero-order chi connectivity index (χ0) is 28.7. The molecule has 0 radical (unpaired) electrons. The number of carbonyl (C=O) groups excluding carboxylic acids is 2. The first-order chi connectivity index (χ1) is 18.5. The molecule has 3 rings (SSSR count). The van der Waals surface area contributed by atoms with Crippen molar-refractivity contribution in [1.82, 2.24) is 10.2 Å². The van der Waals surface area contributed by atoms with E-state index >= 15 is 0 Å². The molecule has 208 valence electrons. The highest BCUT2D eigenvalue weighted by atomic mass is 32.2. The third-order valence-electron chi connectivity index (χ3n) is 6.55. The maximum atomic E-state index is 14.1. The smallest absolute Gasteiger partial charge is 0.264 e. The first kappa shape index (κ1) is 29.9. The average molecular weight is 550 g/mol. The Balaban J connectivity index is 2.10. The van der Waals surface area contributed by atoms with E-state index in [9.17, 15) is 18.0 Å². The SMILES string of the molecule is CCNC(=O)[C@@H](CC)N(Cc1cccc(C)c1)C(=O)CN(c1cc(C)cc(C)c1)S(=O)(=O)c1ccc(C)cc1. The van der Waals surface area contributed by atoms with Gasteiger partial charge in [0.25, 0.3) is 10.0 Å². The highest BCUT2D eigenvalue weighted by Crippen LogP contribution is 2.27. The van der Waals surface area contributed by atoms with Gasteiger partial charge in [-0.1, -0.05) is 60.5 Å². The first-order valence-corrected chi connectivity index (χ1v) is 14.7. The second-order valence-corrected chi connectivity index (χ2v) is 11.9. The lowest BCUT2D eigenvalue weighted by atomic mass is 10.1. The molecule has 3 aromatic carbocycles. The first-order valence-electron chi connectivity index (χ1n) is 13.3. The monoisotopic (exact) mass is 549 g/mol. The quantitative estimate of drug-likeness (QED) is 0.362. The van der Waals surface area contributed by atoms with Crippen molar-refractivity contribution in [1.29, 1.82) is 0 Å². The number of aryl methyl sites for hydroxylation is 4. The molecule has 0 aromatic heterocycles. The van der Waals surface area contributed by atoms with Crippen LogP contribution in [0.5, 0.6) is 0 Å². The molecule has 0 saturated heterocycles. The molecular weight excluding hydrogens is 510 g/mol. The summed E-state index contributed by atoms with van der Waals surface area (Å²) in [5.74, 6) is -0.718. The molecule has 0 spiro atoms. The molecule has 7 nitrogen and oxygen atoms in total. The highest BCUT2D eigenvalue weighted by molar-refractivity contribution is 7.92. The molecule has 0 heterocycles. The molecule has 0 aliphatic carbocycles. The predicted octanol–water partition coefficient (Wildman–Crippen LogP) is 5.06. The molecule has 0 saturated carbocycles. The van der Waals surface area contributed by atoms with Crippen LogP contribution in [-0.4, -0.2) is 44.3 Å². The van der Waals surface area contributed by atoms with Crippen LogP contribution in [0.15, 0.2) is 71.6 Å². The Morgan fingerprint density at radius 1 is 0.821 bits per heavy atom. The molecule has 0 aliphatic rings. The van der Waals surface area contributed by atoms with Gasteiger partial charge in [-0.15, -0.1) is 0 Å². The van der Waals surface area contributed by atoms with Gasteiger partial charge in [-0.05, 0) is 82.0 Å². The van der Waals surface area contributed by atoms with Gasteiger partial charge in [0.05, 0.1) is 10.6 Å². The Morgan fingerprint density at radius 2 is 1.46 bits per heavy atom. The van der Waals surface area contributed by atoms with Gasteiger partial charge >= 0.3 is 0 Å². The third-order valence-corrected chi connectivity index (χ3v) is 8.34. The summed E-state index contributed by atoms with van der Waals surface area (Å²) in [5, 5.41) is 2.83. The van der Waals surface area contributed by atoms with Crippen molar-refractivity contribution >= 4 is 27.5 Å². The summed E-state index contributed by atoms with van der Waals surface area (Å²) in [6, 6.07) is 19.1. The number of rotatable bonds is 11. The zero-order valence-electron chi connectivity index (χ0n) is 23.7. The molecule has 0 fully saturated rings. The highest BCUT2D eigenvalue weighted by Gasteiger charge is 2.33. The molecule has 39 heavy (non-hydrogen) atoms. The van der Waals surface area contributed by atoms with Crippen molar-refractivity contribution in [2.75, 3.05) is 17.4 Å². The van der Waals surface area contributed by atoms with Gasteiger partial charge in [0.1, 0.15) is 12.6 Å². The van der Waals surface area contributed by atoms with Crippen LogP contribution in [-0.2, 0) is 26.2 Å². The van der Waals surface area contributed by atoms with Crippen molar-refractivity contribution in [2.24, 2.45) is 0 Å². The maximum Gasteiger partial charge on any atom is 0.264 e. The van der Waals surface area contributed by atoms with Gasteiger partial charge in [-0.25, -0.2) is 8.42 Å². The van der Waals surface area contributed by atoms with Gasteiger partial charge in [0, 0.05) is 13.1 Å². The number of likely N-dealkylation sites (N-methyl/N-ethyl adjacent to an activating group) is 1. The summed E-state index contributed by atoms with van der Waals surface area (Å²) < 4.78 is 29.1. The number of hydrogen-bond donors (Lipinski definition) is 1. The van der Waals surface area contributed by atoms with E-state index in [1.165, 1.54) is 4.90 Å². The van der Waals surface area contributed by atoms with Crippen LogP contribution in [0.3, 0.4) is 0 Å². The van der Waals surface area contributed by atoms with E-state index < -0.39 is 28.5 Å². The van der Waals surface area contributed by atoms with Crippen LogP contribution in [0.4, 0.5) is 5.69 Å². The van der Waals surface area contributed by atoms with Crippen molar-refractivity contribution in [3.05, 3.63) is 94.5 Å². The fourth-order valence-corrected chi connectivity index (χ4v) is 6.08. The van der Waals surface area contributed by atoms with E-state index in [1.54, 1.807) is 36.4 Å². The lowest BCUT2D eigenvalue weighted by Crippen LogP contribution is -2.52. The van der Waals surface area contributed by atoms with Crippen LogP contribution in [0.25, 0.3) is 0 Å². The zero-order valence-corrected chi connectivity index (χ0v) is 24.5. The fraction of sp³-hybridized carbons (Fsp3) is 0.355. The largest absolute Gasteiger partial charge is 0.355 e. The summed E-state index contributed by atoms with van der Waals surface area (Å²) in [6.07, 6.45) is 0.387. The van der Waals surface area contributed by atoms with Crippen molar-refractivity contribution in [2.45, 2.75) is 65.4 Å². The number of sulfonamides is 1. The number of benzene rings is 3. The Bertz CT molecular complexity index is 1400. The van der Waals surface area contributed by atoms with Gasteiger partial charge < -0.3 is 10.2 Å². The number of anilines is 1. The summed E-state index contributed by atoms with van der Waals surface area (Å²) >= 11 is 0. The van der Waals surface area contributed by atoms with E-state index in [0.717, 1.165) is 32.1 Å². The normalized spacial score (nSPS) is 12.1. The molecule has 0 unspecified atom stereocenters. The Hall–Kier alpha value is -3.65. The molecule has 1 atom stereocenters. The number of nitrogens with one attached hydrogen (secondary N) is 1. The Labute approximate surface area is 232 Å². The number of amides is 2. The minimum Gasteiger partial charge on any atom is -0.355 e. The lowest BCUT2D eigenvalue weighted by molar-refractivity contribution is -0.140. The molecular formula is C31H39N3O4S. The minimum absolute atomic E-state index is 0.0982. The average Bonchev–Trinajstić information content (AvgIpc) is 2.86. The Morgan fingerprint density at radius 3 is 2.03 bits per heavy atom. The number of hydrogen-bond acceptors (Lipinski definition) is 4. The standard InChI is InChI=1S/C31H39N3O4S/c1-7-29(31(36)32-8-2)33(20-26-11-9-10-23(4)17-26)30(35)21-34(27-18-24(5)16-25(6)19-27)39(37,38)28-14-12-22(3)13-15-28/h9-19,29H,7-8,20-21H2,1-6H3,(H,32,36)/t29-/m1/s1. The van der Waals surface area contributed by atoms with Crippen LogP contribution in [0.1, 0.15) is 48.1 Å². The summed E-state index contributed by atoms with van der Waals surface area (Å²) in [5.41, 5.74) is 5.00. The van der Waals surface area contributed by atoms with Crippen molar-refractivity contribution < 1.29 is 18.0 Å². The molecule has 0 aliphatic heterocycles.